The number of nitrogens with one attached hydrogen (secondary N) is 2. The Morgan fingerprint density at radius 2 is 1.89 bits per heavy atom. The molecule has 7 nitrogen and oxygen atoms in total. The molecule has 3 rings (SSSR count). The molecule has 148 valence electrons. The van der Waals surface area contributed by atoms with Gasteiger partial charge in [0.2, 0.25) is 5.91 Å². The van der Waals surface area contributed by atoms with Crippen LogP contribution in [0.15, 0.2) is 30.3 Å². The molecule has 0 aromatic heterocycles. The van der Waals surface area contributed by atoms with Crippen molar-refractivity contribution in [3.8, 4) is 0 Å². The van der Waals surface area contributed by atoms with Gasteiger partial charge in [-0.05, 0) is 32.4 Å². The number of carbonyl (C=O) groups is 2. The van der Waals surface area contributed by atoms with Crippen LogP contribution in [0.3, 0.4) is 0 Å². The van der Waals surface area contributed by atoms with E-state index < -0.39 is 0 Å². The number of nitrogens with zero attached hydrogens (tertiary/aromatic N) is 2. The fourth-order valence-corrected chi connectivity index (χ4v) is 3.84. The smallest absolute Gasteiger partial charge is 0.305 e. The van der Waals surface area contributed by atoms with E-state index in [1.807, 2.05) is 13.0 Å². The van der Waals surface area contributed by atoms with Crippen molar-refractivity contribution >= 4 is 17.6 Å². The maximum absolute atomic E-state index is 12.6. The third-order valence-corrected chi connectivity index (χ3v) is 5.41. The minimum absolute atomic E-state index is 0.0148. The van der Waals surface area contributed by atoms with Gasteiger partial charge in [0.15, 0.2) is 0 Å². The number of para-hydroxylation sites is 1. The Morgan fingerprint density at radius 1 is 1.19 bits per heavy atom. The molecule has 0 saturated carbocycles. The summed E-state index contributed by atoms with van der Waals surface area (Å²) in [6.07, 6.45) is 0.635. The normalized spacial score (nSPS) is 26.5. The van der Waals surface area contributed by atoms with Gasteiger partial charge in [-0.2, -0.15) is 0 Å². The summed E-state index contributed by atoms with van der Waals surface area (Å²) in [5, 5.41) is 6.58. The van der Waals surface area contributed by atoms with Crippen LogP contribution in [0.5, 0.6) is 0 Å². The molecule has 1 aromatic rings. The SMILES string of the molecule is CCOC(=O)CCC1C(=O)NC(N2CCN(c3ccccc3)CC2)NC1C. The molecule has 0 bridgehead atoms. The predicted octanol–water partition coefficient (Wildman–Crippen LogP) is 1.16. The van der Waals surface area contributed by atoms with E-state index in [2.05, 4.69) is 44.7 Å². The van der Waals surface area contributed by atoms with Crippen molar-refractivity contribution in [3.63, 3.8) is 0 Å². The van der Waals surface area contributed by atoms with E-state index in [0.717, 1.165) is 26.2 Å². The van der Waals surface area contributed by atoms with Crippen LogP contribution in [0, 0.1) is 5.92 Å². The molecular formula is C20H30N4O3. The Hall–Kier alpha value is -2.12. The van der Waals surface area contributed by atoms with Crippen molar-refractivity contribution in [1.29, 1.82) is 0 Å². The van der Waals surface area contributed by atoms with Crippen molar-refractivity contribution in [1.82, 2.24) is 15.5 Å². The van der Waals surface area contributed by atoms with Gasteiger partial charge in [-0.1, -0.05) is 18.2 Å². The summed E-state index contributed by atoms with van der Waals surface area (Å²) in [5.41, 5.74) is 1.24. The summed E-state index contributed by atoms with van der Waals surface area (Å²) in [4.78, 5) is 28.8. The third-order valence-electron chi connectivity index (χ3n) is 5.41. The van der Waals surface area contributed by atoms with Crippen LogP contribution in [-0.2, 0) is 14.3 Å². The number of amides is 1. The molecule has 0 aliphatic carbocycles. The highest BCUT2D eigenvalue weighted by Gasteiger charge is 2.36. The van der Waals surface area contributed by atoms with Crippen molar-refractivity contribution in [2.75, 3.05) is 37.7 Å². The first-order valence-corrected chi connectivity index (χ1v) is 9.84. The number of anilines is 1. The van der Waals surface area contributed by atoms with Gasteiger partial charge >= 0.3 is 5.97 Å². The van der Waals surface area contributed by atoms with E-state index in [0.29, 0.717) is 13.0 Å². The highest BCUT2D eigenvalue weighted by molar-refractivity contribution is 5.81. The monoisotopic (exact) mass is 374 g/mol. The van der Waals surface area contributed by atoms with Crippen molar-refractivity contribution in [2.24, 2.45) is 5.92 Å². The van der Waals surface area contributed by atoms with Crippen molar-refractivity contribution < 1.29 is 14.3 Å². The quantitative estimate of drug-likeness (QED) is 0.728. The third kappa shape index (κ3) is 4.99. The zero-order chi connectivity index (χ0) is 19.2. The van der Waals surface area contributed by atoms with E-state index >= 15 is 0 Å². The minimum Gasteiger partial charge on any atom is -0.466 e. The standard InChI is InChI=1S/C20H30N4O3/c1-3-27-18(25)10-9-17-15(2)21-20(22-19(17)26)24-13-11-23(12-14-24)16-7-5-4-6-8-16/h4-8,15,17,20-21H,3,9-14H2,1-2H3,(H,22,26). The lowest BCUT2D eigenvalue weighted by atomic mass is 9.93. The van der Waals surface area contributed by atoms with Crippen LogP contribution in [0.4, 0.5) is 5.69 Å². The molecule has 3 atom stereocenters. The highest BCUT2D eigenvalue weighted by Crippen LogP contribution is 2.20. The van der Waals surface area contributed by atoms with E-state index in [1.54, 1.807) is 6.92 Å². The first-order valence-electron chi connectivity index (χ1n) is 9.84. The molecule has 1 aromatic carbocycles. The van der Waals surface area contributed by atoms with Gasteiger partial charge in [0, 0.05) is 44.3 Å². The van der Waals surface area contributed by atoms with E-state index in [-0.39, 0.29) is 36.5 Å². The van der Waals surface area contributed by atoms with Gasteiger partial charge in [-0.3, -0.25) is 19.8 Å². The summed E-state index contributed by atoms with van der Waals surface area (Å²) < 4.78 is 4.96. The fourth-order valence-electron chi connectivity index (χ4n) is 3.84. The first kappa shape index (κ1) is 19.6. The number of esters is 1. The van der Waals surface area contributed by atoms with Crippen LogP contribution < -0.4 is 15.5 Å². The summed E-state index contributed by atoms with van der Waals surface area (Å²) in [7, 11) is 0. The van der Waals surface area contributed by atoms with Crippen molar-refractivity contribution in [2.45, 2.75) is 39.0 Å². The summed E-state index contributed by atoms with van der Waals surface area (Å²) in [6.45, 7) is 7.80. The average molecular weight is 374 g/mol. The van der Waals surface area contributed by atoms with Gasteiger partial charge in [0.1, 0.15) is 6.29 Å². The van der Waals surface area contributed by atoms with Crippen LogP contribution >= 0.6 is 0 Å². The number of piperazine rings is 1. The first-order chi connectivity index (χ1) is 13.1. The lowest BCUT2D eigenvalue weighted by Crippen LogP contribution is -2.68. The van der Waals surface area contributed by atoms with Gasteiger partial charge in [0.05, 0.1) is 12.5 Å². The molecule has 2 saturated heterocycles. The minimum atomic E-state index is -0.239. The Bertz CT molecular complexity index is 631. The predicted molar refractivity (Wildman–Crippen MR) is 104 cm³/mol. The van der Waals surface area contributed by atoms with Gasteiger partial charge in [-0.25, -0.2) is 0 Å². The number of hydrogen-bond donors (Lipinski definition) is 2. The molecule has 3 unspecified atom stereocenters. The number of hydrogen-bond acceptors (Lipinski definition) is 6. The number of benzene rings is 1. The summed E-state index contributed by atoms with van der Waals surface area (Å²) in [5.74, 6) is -0.436. The molecule has 2 fully saturated rings. The zero-order valence-electron chi connectivity index (χ0n) is 16.2. The molecule has 0 spiro atoms. The Morgan fingerprint density at radius 3 is 2.52 bits per heavy atom. The largest absolute Gasteiger partial charge is 0.466 e. The topological polar surface area (TPSA) is 73.9 Å². The molecule has 0 radical (unpaired) electrons. The van der Waals surface area contributed by atoms with Crippen LogP contribution in [0.25, 0.3) is 0 Å². The average Bonchev–Trinajstić information content (AvgIpc) is 2.68. The fraction of sp³-hybridized carbons (Fsp3) is 0.600. The second-order valence-corrected chi connectivity index (χ2v) is 7.18. The molecule has 2 N–H and O–H groups in total. The lowest BCUT2D eigenvalue weighted by molar-refractivity contribution is -0.144. The molecule has 7 heteroatoms. The zero-order valence-corrected chi connectivity index (χ0v) is 16.2. The highest BCUT2D eigenvalue weighted by atomic mass is 16.5. The van der Waals surface area contributed by atoms with Crippen molar-refractivity contribution in [3.05, 3.63) is 30.3 Å². The molecule has 27 heavy (non-hydrogen) atoms. The van der Waals surface area contributed by atoms with E-state index in [4.69, 9.17) is 4.74 Å². The summed E-state index contributed by atoms with van der Waals surface area (Å²) in [6, 6.07) is 10.4. The summed E-state index contributed by atoms with van der Waals surface area (Å²) >= 11 is 0. The molecule has 2 aliphatic rings. The maximum Gasteiger partial charge on any atom is 0.305 e. The molecular weight excluding hydrogens is 344 g/mol. The number of ether oxygens (including phenoxy) is 1. The Kier molecular flexibility index (Phi) is 6.68. The number of carbonyl (C=O) groups excluding carboxylic acids is 2. The molecule has 1 amide bonds. The van der Waals surface area contributed by atoms with E-state index in [1.165, 1.54) is 5.69 Å². The van der Waals surface area contributed by atoms with Gasteiger partial charge in [-0.15, -0.1) is 0 Å². The number of rotatable bonds is 6. The lowest BCUT2D eigenvalue weighted by Gasteiger charge is -2.45. The van der Waals surface area contributed by atoms with Crippen LogP contribution in [-0.4, -0.2) is 61.9 Å². The van der Waals surface area contributed by atoms with E-state index in [9.17, 15) is 9.59 Å². The molecule has 2 aliphatic heterocycles. The molecule has 2 heterocycles. The van der Waals surface area contributed by atoms with Crippen LogP contribution in [0.1, 0.15) is 26.7 Å². The Balaban J connectivity index is 1.49. The maximum atomic E-state index is 12.6. The Labute approximate surface area is 161 Å². The second kappa shape index (κ2) is 9.19. The van der Waals surface area contributed by atoms with Gasteiger partial charge < -0.3 is 15.0 Å². The van der Waals surface area contributed by atoms with Crippen LogP contribution in [0.2, 0.25) is 0 Å². The van der Waals surface area contributed by atoms with Gasteiger partial charge in [0.25, 0.3) is 0 Å². The second-order valence-electron chi connectivity index (χ2n) is 7.18.